The molecular weight excluding hydrogens is 355 g/mol. The van der Waals surface area contributed by atoms with Gasteiger partial charge in [-0.2, -0.15) is 0 Å². The van der Waals surface area contributed by atoms with Gasteiger partial charge in [-0.3, -0.25) is 9.69 Å². The van der Waals surface area contributed by atoms with E-state index in [2.05, 4.69) is 5.32 Å². The summed E-state index contributed by atoms with van der Waals surface area (Å²) in [6.45, 7) is 4.74. The van der Waals surface area contributed by atoms with Crippen LogP contribution in [0.1, 0.15) is 25.5 Å². The fourth-order valence-corrected chi connectivity index (χ4v) is 3.28. The first-order valence-electron chi connectivity index (χ1n) is 8.30. The van der Waals surface area contributed by atoms with Crippen LogP contribution in [-0.2, 0) is 14.6 Å². The number of nitrogens with zero attached hydrogens (tertiary/aromatic N) is 1. The monoisotopic (exact) mass is 378 g/mol. The van der Waals surface area contributed by atoms with Gasteiger partial charge in [-0.05, 0) is 55.4 Å². The third-order valence-electron chi connectivity index (χ3n) is 4.22. The van der Waals surface area contributed by atoms with Crippen LogP contribution in [0, 0.1) is 5.82 Å². The van der Waals surface area contributed by atoms with Crippen molar-refractivity contribution in [3.8, 4) is 0 Å². The largest absolute Gasteiger partial charge is 0.325 e. The highest BCUT2D eigenvalue weighted by molar-refractivity contribution is 7.90. The van der Waals surface area contributed by atoms with Crippen LogP contribution in [0.2, 0.25) is 0 Å². The van der Waals surface area contributed by atoms with E-state index in [0.717, 1.165) is 11.8 Å². The standard InChI is InChI=1S/C19H23FN2O3S/c1-4-22(14(2)15-5-7-16(20)8-6-15)13-19(23)21-17-9-11-18(12-10-17)26(3,24)25/h5-12,14H,4,13H2,1-3H3,(H,21,23). The van der Waals surface area contributed by atoms with Crippen molar-refractivity contribution in [3.05, 3.63) is 59.9 Å². The maximum Gasteiger partial charge on any atom is 0.238 e. The van der Waals surface area contributed by atoms with E-state index >= 15 is 0 Å². The fourth-order valence-electron chi connectivity index (χ4n) is 2.65. The number of amides is 1. The molecule has 0 aromatic heterocycles. The zero-order chi connectivity index (χ0) is 19.3. The summed E-state index contributed by atoms with van der Waals surface area (Å²) in [7, 11) is -3.26. The quantitative estimate of drug-likeness (QED) is 0.803. The Bertz CT molecular complexity index is 849. The van der Waals surface area contributed by atoms with E-state index in [4.69, 9.17) is 0 Å². The summed E-state index contributed by atoms with van der Waals surface area (Å²) in [6.07, 6.45) is 1.14. The lowest BCUT2D eigenvalue weighted by Crippen LogP contribution is -2.35. The van der Waals surface area contributed by atoms with Gasteiger partial charge in [0.2, 0.25) is 5.91 Å². The maximum absolute atomic E-state index is 13.1. The van der Waals surface area contributed by atoms with E-state index in [-0.39, 0.29) is 29.2 Å². The Morgan fingerprint density at radius 1 is 1.12 bits per heavy atom. The Morgan fingerprint density at radius 2 is 1.69 bits per heavy atom. The highest BCUT2D eigenvalue weighted by Gasteiger charge is 2.17. The first-order chi connectivity index (χ1) is 12.2. The van der Waals surface area contributed by atoms with Crippen molar-refractivity contribution in [2.75, 3.05) is 24.7 Å². The van der Waals surface area contributed by atoms with Crippen molar-refractivity contribution in [1.82, 2.24) is 4.90 Å². The molecule has 2 aromatic carbocycles. The van der Waals surface area contributed by atoms with Crippen LogP contribution in [0.15, 0.2) is 53.4 Å². The molecule has 0 heterocycles. The summed E-state index contributed by atoms with van der Waals surface area (Å²) >= 11 is 0. The Kier molecular flexibility index (Phi) is 6.50. The van der Waals surface area contributed by atoms with Gasteiger partial charge in [-0.15, -0.1) is 0 Å². The van der Waals surface area contributed by atoms with Crippen LogP contribution >= 0.6 is 0 Å². The average molecular weight is 378 g/mol. The Labute approximate surface area is 153 Å². The van der Waals surface area contributed by atoms with Crippen LogP contribution in [0.5, 0.6) is 0 Å². The summed E-state index contributed by atoms with van der Waals surface area (Å²) in [5.74, 6) is -0.493. The van der Waals surface area contributed by atoms with Crippen molar-refractivity contribution in [2.24, 2.45) is 0 Å². The van der Waals surface area contributed by atoms with Gasteiger partial charge in [0.05, 0.1) is 11.4 Å². The van der Waals surface area contributed by atoms with Gasteiger partial charge in [-0.1, -0.05) is 19.1 Å². The number of benzene rings is 2. The number of hydrogen-bond donors (Lipinski definition) is 1. The van der Waals surface area contributed by atoms with Gasteiger partial charge in [0.15, 0.2) is 9.84 Å². The molecule has 7 heteroatoms. The molecule has 0 bridgehead atoms. The predicted octanol–water partition coefficient (Wildman–Crippen LogP) is 3.25. The molecule has 2 aromatic rings. The second-order valence-corrected chi connectivity index (χ2v) is 8.15. The van der Waals surface area contributed by atoms with E-state index in [1.165, 1.54) is 24.3 Å². The number of carbonyl (C=O) groups is 1. The number of sulfone groups is 1. The molecule has 1 N–H and O–H groups in total. The number of rotatable bonds is 7. The van der Waals surface area contributed by atoms with E-state index in [1.54, 1.807) is 24.3 Å². The van der Waals surface area contributed by atoms with Gasteiger partial charge >= 0.3 is 0 Å². The number of halogens is 1. The molecule has 2 rings (SSSR count). The second-order valence-electron chi connectivity index (χ2n) is 6.14. The van der Waals surface area contributed by atoms with Crippen LogP contribution in [-0.4, -0.2) is 38.6 Å². The summed E-state index contributed by atoms with van der Waals surface area (Å²) in [4.78, 5) is 14.5. The van der Waals surface area contributed by atoms with Gasteiger partial charge in [-0.25, -0.2) is 12.8 Å². The van der Waals surface area contributed by atoms with E-state index in [1.807, 2.05) is 18.7 Å². The van der Waals surface area contributed by atoms with Gasteiger partial charge < -0.3 is 5.32 Å². The molecule has 0 aliphatic carbocycles. The number of anilines is 1. The molecule has 0 saturated heterocycles. The number of hydrogen-bond acceptors (Lipinski definition) is 4. The summed E-state index contributed by atoms with van der Waals surface area (Å²) < 4.78 is 36.0. The Balaban J connectivity index is 2.01. The highest BCUT2D eigenvalue weighted by Crippen LogP contribution is 2.20. The lowest BCUT2D eigenvalue weighted by Gasteiger charge is -2.27. The topological polar surface area (TPSA) is 66.5 Å². The van der Waals surface area contributed by atoms with Crippen molar-refractivity contribution in [3.63, 3.8) is 0 Å². The number of likely N-dealkylation sites (N-methyl/N-ethyl adjacent to an activating group) is 1. The Morgan fingerprint density at radius 3 is 2.19 bits per heavy atom. The molecule has 26 heavy (non-hydrogen) atoms. The maximum atomic E-state index is 13.1. The SMILES string of the molecule is CCN(CC(=O)Nc1ccc(S(C)(=O)=O)cc1)C(C)c1ccc(F)cc1. The van der Waals surface area contributed by atoms with Gasteiger partial charge in [0.1, 0.15) is 5.82 Å². The molecule has 140 valence electrons. The molecule has 0 spiro atoms. The minimum atomic E-state index is -3.26. The lowest BCUT2D eigenvalue weighted by atomic mass is 10.1. The molecule has 1 unspecified atom stereocenters. The summed E-state index contributed by atoms with van der Waals surface area (Å²) in [5.41, 5.74) is 1.46. The molecular formula is C19H23FN2O3S. The summed E-state index contributed by atoms with van der Waals surface area (Å²) in [5, 5.41) is 2.77. The first kappa shape index (κ1) is 20.1. The molecule has 5 nitrogen and oxygen atoms in total. The van der Waals surface area contributed by atoms with Crippen LogP contribution in [0.25, 0.3) is 0 Å². The molecule has 0 aliphatic heterocycles. The van der Waals surface area contributed by atoms with Crippen molar-refractivity contribution in [2.45, 2.75) is 24.8 Å². The van der Waals surface area contributed by atoms with E-state index < -0.39 is 9.84 Å². The predicted molar refractivity (Wildman–Crippen MR) is 100 cm³/mol. The minimum Gasteiger partial charge on any atom is -0.325 e. The van der Waals surface area contributed by atoms with Crippen molar-refractivity contribution >= 4 is 21.4 Å². The van der Waals surface area contributed by atoms with Crippen LogP contribution < -0.4 is 5.32 Å². The Hall–Kier alpha value is -2.25. The molecule has 1 amide bonds. The van der Waals surface area contributed by atoms with Crippen LogP contribution in [0.4, 0.5) is 10.1 Å². The normalized spacial score (nSPS) is 12.8. The summed E-state index contributed by atoms with van der Waals surface area (Å²) in [6, 6.07) is 12.2. The molecule has 0 fully saturated rings. The van der Waals surface area contributed by atoms with E-state index in [0.29, 0.717) is 12.2 Å². The zero-order valence-electron chi connectivity index (χ0n) is 15.1. The molecule has 1 atom stereocenters. The fraction of sp³-hybridized carbons (Fsp3) is 0.316. The third-order valence-corrected chi connectivity index (χ3v) is 5.35. The van der Waals surface area contributed by atoms with Crippen LogP contribution in [0.3, 0.4) is 0 Å². The second kappa shape index (κ2) is 8.42. The first-order valence-corrected chi connectivity index (χ1v) is 10.2. The average Bonchev–Trinajstić information content (AvgIpc) is 2.59. The number of nitrogens with one attached hydrogen (secondary N) is 1. The highest BCUT2D eigenvalue weighted by atomic mass is 32.2. The van der Waals surface area contributed by atoms with Crippen molar-refractivity contribution < 1.29 is 17.6 Å². The minimum absolute atomic E-state index is 0.0426. The zero-order valence-corrected chi connectivity index (χ0v) is 15.9. The molecule has 0 saturated carbocycles. The van der Waals surface area contributed by atoms with E-state index in [9.17, 15) is 17.6 Å². The smallest absolute Gasteiger partial charge is 0.238 e. The lowest BCUT2D eigenvalue weighted by molar-refractivity contribution is -0.117. The van der Waals surface area contributed by atoms with Gasteiger partial charge in [0.25, 0.3) is 0 Å². The van der Waals surface area contributed by atoms with Gasteiger partial charge in [0, 0.05) is 18.0 Å². The molecule has 0 radical (unpaired) electrons. The third kappa shape index (κ3) is 5.37. The van der Waals surface area contributed by atoms with Crippen molar-refractivity contribution in [1.29, 1.82) is 0 Å². The molecule has 0 aliphatic rings. The number of carbonyl (C=O) groups excluding carboxylic acids is 1.